The number of hydrogen-bond donors (Lipinski definition) is 2. The molecule has 0 saturated carbocycles. The number of benzene rings is 2. The molecule has 3 rings (SSSR count). The molecule has 0 spiro atoms. The first kappa shape index (κ1) is 21.2. The Hall–Kier alpha value is -1.53. The lowest BCUT2D eigenvalue weighted by Gasteiger charge is -2.32. The minimum absolute atomic E-state index is 0.107. The molecular formula is C22H25ClF2O3. The van der Waals surface area contributed by atoms with Crippen molar-refractivity contribution in [3.63, 3.8) is 0 Å². The Morgan fingerprint density at radius 2 is 1.86 bits per heavy atom. The van der Waals surface area contributed by atoms with Crippen molar-refractivity contribution in [2.24, 2.45) is 0 Å². The van der Waals surface area contributed by atoms with Crippen LogP contribution in [0.4, 0.5) is 8.78 Å². The van der Waals surface area contributed by atoms with Crippen molar-refractivity contribution in [1.82, 2.24) is 0 Å². The summed E-state index contributed by atoms with van der Waals surface area (Å²) in [5.74, 6) is -1.77. The first-order valence-corrected chi connectivity index (χ1v) is 9.87. The topological polar surface area (TPSA) is 49.7 Å². The van der Waals surface area contributed by atoms with Crippen LogP contribution in [-0.4, -0.2) is 29.0 Å². The van der Waals surface area contributed by atoms with Crippen LogP contribution < -0.4 is 0 Å². The second-order valence-electron chi connectivity index (χ2n) is 7.68. The van der Waals surface area contributed by atoms with Crippen molar-refractivity contribution in [3.8, 4) is 0 Å². The average molecular weight is 411 g/mol. The Morgan fingerprint density at radius 3 is 2.54 bits per heavy atom. The van der Waals surface area contributed by atoms with Crippen LogP contribution in [0.25, 0.3) is 0 Å². The third-order valence-corrected chi connectivity index (χ3v) is 5.59. The Morgan fingerprint density at radius 1 is 1.11 bits per heavy atom. The summed E-state index contributed by atoms with van der Waals surface area (Å²) in [5.41, 5.74) is 2.02. The fourth-order valence-corrected chi connectivity index (χ4v) is 3.83. The van der Waals surface area contributed by atoms with Crippen LogP contribution in [0.5, 0.6) is 0 Å². The maximum atomic E-state index is 14.5. The molecular weight excluding hydrogens is 386 g/mol. The molecule has 0 unspecified atom stereocenters. The summed E-state index contributed by atoms with van der Waals surface area (Å²) < 4.78 is 34.7. The van der Waals surface area contributed by atoms with Crippen molar-refractivity contribution >= 4 is 11.6 Å². The number of aliphatic hydroxyl groups is 2. The van der Waals surface area contributed by atoms with E-state index in [0.29, 0.717) is 29.0 Å². The third kappa shape index (κ3) is 4.54. The molecule has 1 aliphatic heterocycles. The number of rotatable bonds is 5. The lowest BCUT2D eigenvalue weighted by Crippen LogP contribution is -2.33. The molecule has 2 N–H and O–H groups in total. The fraction of sp³-hybridized carbons (Fsp3) is 0.455. The number of hydrogen-bond acceptors (Lipinski definition) is 3. The second-order valence-corrected chi connectivity index (χ2v) is 8.09. The zero-order chi connectivity index (χ0) is 20.4. The average Bonchev–Trinajstić information content (AvgIpc) is 2.66. The molecule has 3 nitrogen and oxygen atoms in total. The molecule has 0 amide bonds. The van der Waals surface area contributed by atoms with E-state index >= 15 is 0 Å². The first-order valence-electron chi connectivity index (χ1n) is 9.49. The van der Waals surface area contributed by atoms with Crippen LogP contribution >= 0.6 is 11.6 Å². The quantitative estimate of drug-likeness (QED) is 0.736. The highest BCUT2D eigenvalue weighted by atomic mass is 35.5. The monoisotopic (exact) mass is 410 g/mol. The molecule has 2 aromatic carbocycles. The van der Waals surface area contributed by atoms with Crippen molar-refractivity contribution in [3.05, 3.63) is 69.2 Å². The van der Waals surface area contributed by atoms with E-state index in [4.69, 9.17) is 16.3 Å². The summed E-state index contributed by atoms with van der Waals surface area (Å²) in [6, 6.07) is 8.50. The molecule has 6 heteroatoms. The summed E-state index contributed by atoms with van der Waals surface area (Å²) in [7, 11) is 0. The van der Waals surface area contributed by atoms with Crippen molar-refractivity contribution < 1.29 is 23.7 Å². The van der Waals surface area contributed by atoms with Crippen molar-refractivity contribution in [2.45, 2.75) is 57.3 Å². The van der Waals surface area contributed by atoms with E-state index < -0.39 is 23.8 Å². The summed E-state index contributed by atoms with van der Waals surface area (Å²) in [5, 5.41) is 19.8. The molecule has 0 radical (unpaired) electrons. The molecule has 2 aromatic rings. The predicted molar refractivity (Wildman–Crippen MR) is 105 cm³/mol. The SMILES string of the molecule is CC(C)c1ccc(Cc2cc([C@H]3C[C@@H](O)C[C@@H](CO)O3)ccc2Cl)c(F)c1F. The Bertz CT molecular complexity index is 841. The van der Waals surface area contributed by atoms with Gasteiger partial charge in [-0.2, -0.15) is 0 Å². The molecule has 1 heterocycles. The van der Waals surface area contributed by atoms with Crippen molar-refractivity contribution in [1.29, 1.82) is 0 Å². The lowest BCUT2D eigenvalue weighted by atomic mass is 9.93. The van der Waals surface area contributed by atoms with Gasteiger partial charge in [0.15, 0.2) is 11.6 Å². The van der Waals surface area contributed by atoms with Gasteiger partial charge in [-0.1, -0.05) is 49.7 Å². The normalized spacial score (nSPS) is 22.6. The molecule has 1 aliphatic rings. The van der Waals surface area contributed by atoms with Gasteiger partial charge in [0.05, 0.1) is 24.9 Å². The highest BCUT2D eigenvalue weighted by Gasteiger charge is 2.29. The van der Waals surface area contributed by atoms with Crippen LogP contribution in [0.2, 0.25) is 5.02 Å². The van der Waals surface area contributed by atoms with Crippen LogP contribution in [0.1, 0.15) is 61.0 Å². The van der Waals surface area contributed by atoms with Gasteiger partial charge in [0, 0.05) is 24.3 Å². The predicted octanol–water partition coefficient (Wildman–Crippen LogP) is 4.91. The van der Waals surface area contributed by atoms with E-state index in [2.05, 4.69) is 0 Å². The first-order chi connectivity index (χ1) is 13.3. The summed E-state index contributed by atoms with van der Waals surface area (Å²) in [6.07, 6.45) is -0.439. The molecule has 0 bridgehead atoms. The molecule has 152 valence electrons. The van der Waals surface area contributed by atoms with E-state index in [9.17, 15) is 19.0 Å². The minimum atomic E-state index is -0.850. The van der Waals surface area contributed by atoms with Crippen LogP contribution in [0.3, 0.4) is 0 Å². The van der Waals surface area contributed by atoms with Crippen LogP contribution in [-0.2, 0) is 11.2 Å². The van der Waals surface area contributed by atoms with Gasteiger partial charge < -0.3 is 14.9 Å². The third-order valence-electron chi connectivity index (χ3n) is 5.22. The smallest absolute Gasteiger partial charge is 0.162 e. The van der Waals surface area contributed by atoms with Gasteiger partial charge in [0.2, 0.25) is 0 Å². The second kappa shape index (κ2) is 8.87. The Balaban J connectivity index is 1.88. The maximum Gasteiger partial charge on any atom is 0.162 e. The van der Waals surface area contributed by atoms with Gasteiger partial charge >= 0.3 is 0 Å². The zero-order valence-corrected chi connectivity index (χ0v) is 16.7. The van der Waals surface area contributed by atoms with Gasteiger partial charge in [-0.25, -0.2) is 8.78 Å². The fourth-order valence-electron chi connectivity index (χ4n) is 3.64. The summed E-state index contributed by atoms with van der Waals surface area (Å²) >= 11 is 6.30. The standard InChI is InChI=1S/C22H25ClF2O3/c1-12(2)18-5-3-14(21(24)22(18)25)8-15-7-13(4-6-19(15)23)20-10-16(27)9-17(11-26)28-20/h3-7,12,16-17,20,26-27H,8-11H2,1-2H3/t16-,17-,20+/m0/s1. The van der Waals surface area contributed by atoms with E-state index in [1.807, 2.05) is 13.8 Å². The number of aliphatic hydroxyl groups excluding tert-OH is 2. The van der Waals surface area contributed by atoms with E-state index in [1.165, 1.54) is 0 Å². The van der Waals surface area contributed by atoms with Gasteiger partial charge in [0.25, 0.3) is 0 Å². The Labute approximate surface area is 168 Å². The minimum Gasteiger partial charge on any atom is -0.394 e. The van der Waals surface area contributed by atoms with Crippen LogP contribution in [0, 0.1) is 11.6 Å². The van der Waals surface area contributed by atoms with Crippen LogP contribution in [0.15, 0.2) is 30.3 Å². The van der Waals surface area contributed by atoms with E-state index in [0.717, 1.165) is 5.56 Å². The zero-order valence-electron chi connectivity index (χ0n) is 16.0. The molecule has 0 aromatic heterocycles. The largest absolute Gasteiger partial charge is 0.394 e. The van der Waals surface area contributed by atoms with Crippen molar-refractivity contribution in [2.75, 3.05) is 6.61 Å². The molecule has 1 saturated heterocycles. The van der Waals surface area contributed by atoms with Gasteiger partial charge in [-0.3, -0.25) is 0 Å². The summed E-state index contributed by atoms with van der Waals surface area (Å²) in [4.78, 5) is 0. The molecule has 0 aliphatic carbocycles. The molecule has 3 atom stereocenters. The molecule has 1 fully saturated rings. The molecule has 28 heavy (non-hydrogen) atoms. The van der Waals surface area contributed by atoms with E-state index in [-0.39, 0.29) is 30.6 Å². The van der Waals surface area contributed by atoms with Gasteiger partial charge in [-0.15, -0.1) is 0 Å². The maximum absolute atomic E-state index is 14.5. The number of ether oxygens (including phenoxy) is 1. The highest BCUT2D eigenvalue weighted by molar-refractivity contribution is 6.31. The summed E-state index contributed by atoms with van der Waals surface area (Å²) in [6.45, 7) is 3.47. The van der Waals surface area contributed by atoms with Gasteiger partial charge in [0.1, 0.15) is 0 Å². The lowest BCUT2D eigenvalue weighted by molar-refractivity contribution is -0.113. The van der Waals surface area contributed by atoms with Gasteiger partial charge in [-0.05, 0) is 34.2 Å². The highest BCUT2D eigenvalue weighted by Crippen LogP contribution is 2.34. The Kier molecular flexibility index (Phi) is 6.71. The van der Waals surface area contributed by atoms with E-state index in [1.54, 1.807) is 30.3 Å². The number of halogens is 3.